The summed E-state index contributed by atoms with van der Waals surface area (Å²) in [6.07, 6.45) is 0. The molecule has 1 aromatic rings. The van der Waals surface area contributed by atoms with Gasteiger partial charge in [-0.2, -0.15) is 0 Å². The first-order valence-electron chi connectivity index (χ1n) is 3.80. The Hall–Kier alpha value is -1.06. The van der Waals surface area contributed by atoms with Crippen LogP contribution in [-0.4, -0.2) is 12.0 Å². The Kier molecular flexibility index (Phi) is 2.20. The predicted molar refractivity (Wildman–Crippen MR) is 46.9 cm³/mol. The molecule has 0 amide bonds. The van der Waals surface area contributed by atoms with Gasteiger partial charge in [-0.05, 0) is 29.8 Å². The van der Waals surface area contributed by atoms with E-state index in [1.165, 1.54) is 0 Å². The Morgan fingerprint density at radius 1 is 1.46 bits per heavy atom. The molecule has 68 valence electrons. The van der Waals surface area contributed by atoms with Crippen LogP contribution >= 0.6 is 11.6 Å². The van der Waals surface area contributed by atoms with Gasteiger partial charge in [-0.3, -0.25) is 4.79 Å². The van der Waals surface area contributed by atoms with Crippen LogP contribution in [0, 0.1) is 0 Å². The quantitative estimate of drug-likeness (QED) is 0.647. The van der Waals surface area contributed by atoms with E-state index in [1.807, 2.05) is 0 Å². The Bertz CT molecular complexity index is 349. The Morgan fingerprint density at radius 2 is 2.31 bits per heavy atom. The summed E-state index contributed by atoms with van der Waals surface area (Å²) >= 11 is 5.33. The number of hydrogen-bond acceptors (Lipinski definition) is 3. The van der Waals surface area contributed by atoms with E-state index < -0.39 is 5.24 Å². The zero-order valence-corrected chi connectivity index (χ0v) is 7.50. The molecule has 0 bridgehead atoms. The van der Waals surface area contributed by atoms with Gasteiger partial charge in [0.05, 0.1) is 6.61 Å². The monoisotopic (exact) mass is 198 g/mol. The van der Waals surface area contributed by atoms with E-state index in [1.54, 1.807) is 18.2 Å². The highest BCUT2D eigenvalue weighted by Gasteiger charge is 2.12. The molecule has 1 aliphatic heterocycles. The molecule has 3 nitrogen and oxygen atoms in total. The highest BCUT2D eigenvalue weighted by atomic mass is 35.5. The number of carbonyl (C=O) groups excluding carboxylic acids is 1. The molecule has 0 N–H and O–H groups in total. The summed E-state index contributed by atoms with van der Waals surface area (Å²) in [7, 11) is 0. The van der Waals surface area contributed by atoms with Crippen molar-refractivity contribution in [1.29, 1.82) is 0 Å². The maximum Gasteiger partial charge on any atom is 0.252 e. The van der Waals surface area contributed by atoms with Gasteiger partial charge in [0.2, 0.25) is 0 Å². The molecule has 0 aromatic heterocycles. The van der Waals surface area contributed by atoms with Gasteiger partial charge in [0, 0.05) is 11.1 Å². The molecule has 1 aromatic carbocycles. The number of ether oxygens (including phenoxy) is 2. The molecular weight excluding hydrogens is 192 g/mol. The van der Waals surface area contributed by atoms with E-state index in [9.17, 15) is 4.79 Å². The highest BCUT2D eigenvalue weighted by Crippen LogP contribution is 2.24. The largest absolute Gasteiger partial charge is 0.467 e. The van der Waals surface area contributed by atoms with Gasteiger partial charge in [-0.15, -0.1) is 0 Å². The lowest BCUT2D eigenvalue weighted by Gasteiger charge is -2.17. The topological polar surface area (TPSA) is 35.5 Å². The molecule has 1 aliphatic rings. The van der Waals surface area contributed by atoms with Crippen LogP contribution in [0.15, 0.2) is 18.2 Å². The lowest BCUT2D eigenvalue weighted by atomic mass is 10.1. The number of rotatable bonds is 1. The minimum absolute atomic E-state index is 0.265. The van der Waals surface area contributed by atoms with Crippen molar-refractivity contribution in [2.75, 3.05) is 6.79 Å². The average Bonchev–Trinajstić information content (AvgIpc) is 2.17. The summed E-state index contributed by atoms with van der Waals surface area (Å²) < 4.78 is 10.2. The van der Waals surface area contributed by atoms with Gasteiger partial charge in [0.15, 0.2) is 6.79 Å². The summed E-state index contributed by atoms with van der Waals surface area (Å²) in [5.41, 5.74) is 1.33. The fourth-order valence-corrected chi connectivity index (χ4v) is 1.33. The maximum absolute atomic E-state index is 10.8. The smallest absolute Gasteiger partial charge is 0.252 e. The summed E-state index contributed by atoms with van der Waals surface area (Å²) in [5, 5.41) is -0.464. The third-order valence-electron chi connectivity index (χ3n) is 1.84. The molecule has 0 atom stereocenters. The summed E-state index contributed by atoms with van der Waals surface area (Å²) in [6.45, 7) is 0.731. The molecule has 0 spiro atoms. The molecule has 13 heavy (non-hydrogen) atoms. The van der Waals surface area contributed by atoms with Gasteiger partial charge in [0.25, 0.3) is 5.24 Å². The molecule has 0 aliphatic carbocycles. The van der Waals surface area contributed by atoms with E-state index in [-0.39, 0.29) is 6.79 Å². The third-order valence-corrected chi connectivity index (χ3v) is 2.06. The van der Waals surface area contributed by atoms with Crippen LogP contribution in [0.4, 0.5) is 0 Å². The standard InChI is InChI=1S/C9H7ClO3/c10-9(11)6-1-2-8-7(3-6)4-12-5-13-8/h1-3H,4-5H2. The Morgan fingerprint density at radius 3 is 3.08 bits per heavy atom. The van der Waals surface area contributed by atoms with Crippen molar-refractivity contribution >= 4 is 16.8 Å². The predicted octanol–water partition coefficient (Wildman–Crippen LogP) is 1.93. The summed E-state index contributed by atoms with van der Waals surface area (Å²) in [6, 6.07) is 5.05. The third kappa shape index (κ3) is 1.66. The molecule has 4 heteroatoms. The van der Waals surface area contributed by atoms with E-state index >= 15 is 0 Å². The fourth-order valence-electron chi connectivity index (χ4n) is 1.21. The number of halogens is 1. The van der Waals surface area contributed by atoms with Crippen molar-refractivity contribution in [2.24, 2.45) is 0 Å². The van der Waals surface area contributed by atoms with Crippen molar-refractivity contribution < 1.29 is 14.3 Å². The second-order valence-corrected chi connectivity index (χ2v) is 3.05. The lowest BCUT2D eigenvalue weighted by Crippen LogP contribution is -2.11. The van der Waals surface area contributed by atoms with Gasteiger partial charge in [-0.25, -0.2) is 0 Å². The van der Waals surface area contributed by atoms with Crippen LogP contribution in [0.2, 0.25) is 0 Å². The van der Waals surface area contributed by atoms with E-state index in [4.69, 9.17) is 21.1 Å². The van der Waals surface area contributed by atoms with E-state index in [0.29, 0.717) is 12.2 Å². The molecule has 0 fully saturated rings. The molecule has 2 rings (SSSR count). The van der Waals surface area contributed by atoms with Crippen LogP contribution in [-0.2, 0) is 11.3 Å². The van der Waals surface area contributed by atoms with Crippen molar-refractivity contribution in [3.63, 3.8) is 0 Å². The molecule has 0 saturated carbocycles. The average molecular weight is 199 g/mol. The van der Waals surface area contributed by atoms with Crippen LogP contribution < -0.4 is 4.74 Å². The van der Waals surface area contributed by atoms with Crippen molar-refractivity contribution in [1.82, 2.24) is 0 Å². The molecule has 0 radical (unpaired) electrons. The fraction of sp³-hybridized carbons (Fsp3) is 0.222. The zero-order chi connectivity index (χ0) is 9.26. The first kappa shape index (κ1) is 8.53. The Balaban J connectivity index is 2.40. The first-order valence-corrected chi connectivity index (χ1v) is 4.18. The second kappa shape index (κ2) is 3.36. The van der Waals surface area contributed by atoms with Gasteiger partial charge >= 0.3 is 0 Å². The van der Waals surface area contributed by atoms with Gasteiger partial charge in [0.1, 0.15) is 5.75 Å². The van der Waals surface area contributed by atoms with Crippen LogP contribution in [0.3, 0.4) is 0 Å². The number of carbonyl (C=O) groups is 1. The van der Waals surface area contributed by atoms with Crippen molar-refractivity contribution in [2.45, 2.75) is 6.61 Å². The maximum atomic E-state index is 10.8. The summed E-state index contributed by atoms with van der Waals surface area (Å²) in [4.78, 5) is 10.8. The van der Waals surface area contributed by atoms with Crippen molar-refractivity contribution in [3.8, 4) is 5.75 Å². The minimum atomic E-state index is -0.464. The number of fused-ring (bicyclic) bond motifs is 1. The molecule has 0 unspecified atom stereocenters. The van der Waals surface area contributed by atoms with Crippen LogP contribution in [0.5, 0.6) is 5.75 Å². The molecule has 0 saturated heterocycles. The molecular formula is C9H7ClO3. The number of benzene rings is 1. The van der Waals surface area contributed by atoms with E-state index in [2.05, 4.69) is 0 Å². The lowest BCUT2D eigenvalue weighted by molar-refractivity contribution is -0.0163. The summed E-state index contributed by atoms with van der Waals surface area (Å²) in [5.74, 6) is 0.757. The Labute approximate surface area is 80.2 Å². The van der Waals surface area contributed by atoms with Crippen LogP contribution in [0.1, 0.15) is 15.9 Å². The normalized spacial score (nSPS) is 14.5. The first-order chi connectivity index (χ1) is 6.27. The number of hydrogen-bond donors (Lipinski definition) is 0. The second-order valence-electron chi connectivity index (χ2n) is 2.71. The van der Waals surface area contributed by atoms with Gasteiger partial charge < -0.3 is 9.47 Å². The van der Waals surface area contributed by atoms with E-state index in [0.717, 1.165) is 11.3 Å². The zero-order valence-electron chi connectivity index (χ0n) is 6.75. The van der Waals surface area contributed by atoms with Gasteiger partial charge in [-0.1, -0.05) is 0 Å². The highest BCUT2D eigenvalue weighted by molar-refractivity contribution is 6.67. The van der Waals surface area contributed by atoms with Crippen LogP contribution in [0.25, 0.3) is 0 Å². The van der Waals surface area contributed by atoms with Crippen molar-refractivity contribution in [3.05, 3.63) is 29.3 Å². The molecule has 1 heterocycles. The minimum Gasteiger partial charge on any atom is -0.467 e. The SMILES string of the molecule is O=C(Cl)c1ccc2c(c1)COCO2.